The fraction of sp³-hybridized carbons (Fsp3) is 0.562. The zero-order valence-corrected chi connectivity index (χ0v) is 13.3. The molecular formula is C16H25ClN2O2. The fourth-order valence-electron chi connectivity index (χ4n) is 2.18. The van der Waals surface area contributed by atoms with Crippen LogP contribution in [0.15, 0.2) is 30.3 Å². The molecule has 1 aliphatic rings. The molecule has 5 heteroatoms. The van der Waals surface area contributed by atoms with Gasteiger partial charge in [-0.3, -0.25) is 4.79 Å². The number of likely N-dealkylation sites (N-methyl/N-ethyl adjacent to an activating group) is 1. The second kappa shape index (κ2) is 9.03. The third-order valence-corrected chi connectivity index (χ3v) is 3.73. The van der Waals surface area contributed by atoms with Crippen molar-refractivity contribution in [3.05, 3.63) is 35.9 Å². The molecule has 1 unspecified atom stereocenters. The van der Waals surface area contributed by atoms with Crippen molar-refractivity contribution in [3.63, 3.8) is 0 Å². The average Bonchev–Trinajstić information content (AvgIpc) is 3.29. The molecule has 118 valence electrons. The maximum absolute atomic E-state index is 12.4. The minimum Gasteiger partial charge on any atom is -0.379 e. The van der Waals surface area contributed by atoms with Crippen molar-refractivity contribution < 1.29 is 9.53 Å². The maximum atomic E-state index is 12.4. The summed E-state index contributed by atoms with van der Waals surface area (Å²) < 4.78 is 5.57. The number of rotatable bonds is 8. The van der Waals surface area contributed by atoms with Crippen LogP contribution in [-0.4, -0.2) is 44.2 Å². The van der Waals surface area contributed by atoms with Crippen LogP contribution >= 0.6 is 12.4 Å². The summed E-state index contributed by atoms with van der Waals surface area (Å²) in [5.41, 5.74) is 6.75. The van der Waals surface area contributed by atoms with Crippen LogP contribution < -0.4 is 5.73 Å². The first-order valence-electron chi connectivity index (χ1n) is 7.30. The summed E-state index contributed by atoms with van der Waals surface area (Å²) in [6, 6.07) is 9.71. The lowest BCUT2D eigenvalue weighted by Gasteiger charge is -2.23. The third-order valence-electron chi connectivity index (χ3n) is 3.73. The number of hydrogen-bond donors (Lipinski definition) is 1. The van der Waals surface area contributed by atoms with Crippen molar-refractivity contribution in [3.8, 4) is 0 Å². The van der Waals surface area contributed by atoms with Crippen molar-refractivity contribution in [2.24, 2.45) is 11.7 Å². The summed E-state index contributed by atoms with van der Waals surface area (Å²) in [6.07, 6.45) is 2.58. The van der Waals surface area contributed by atoms with Crippen LogP contribution in [0.5, 0.6) is 0 Å². The van der Waals surface area contributed by atoms with Gasteiger partial charge < -0.3 is 15.4 Å². The molecular weight excluding hydrogens is 288 g/mol. The van der Waals surface area contributed by atoms with Gasteiger partial charge in [0.2, 0.25) is 5.91 Å². The monoisotopic (exact) mass is 312 g/mol. The topological polar surface area (TPSA) is 55.6 Å². The zero-order valence-electron chi connectivity index (χ0n) is 12.5. The molecule has 0 aromatic heterocycles. The van der Waals surface area contributed by atoms with Gasteiger partial charge in [0.1, 0.15) is 0 Å². The molecule has 1 saturated carbocycles. The predicted octanol–water partition coefficient (Wildman–Crippen LogP) is 2.04. The normalized spacial score (nSPS) is 15.1. The first-order chi connectivity index (χ1) is 9.72. The summed E-state index contributed by atoms with van der Waals surface area (Å²) >= 11 is 0. The summed E-state index contributed by atoms with van der Waals surface area (Å²) in [6.45, 7) is 2.39. The highest BCUT2D eigenvalue weighted by Gasteiger charge is 2.23. The van der Waals surface area contributed by atoms with E-state index in [-0.39, 0.29) is 24.2 Å². The van der Waals surface area contributed by atoms with E-state index in [2.05, 4.69) is 0 Å². The van der Waals surface area contributed by atoms with Gasteiger partial charge in [-0.05, 0) is 24.3 Å². The van der Waals surface area contributed by atoms with Gasteiger partial charge in [0.05, 0.1) is 12.5 Å². The molecule has 1 amide bonds. The third kappa shape index (κ3) is 5.65. The molecule has 21 heavy (non-hydrogen) atoms. The summed E-state index contributed by atoms with van der Waals surface area (Å²) in [4.78, 5) is 14.1. The lowest BCUT2D eigenvalue weighted by Crippen LogP contribution is -2.37. The average molecular weight is 313 g/mol. The number of carbonyl (C=O) groups excluding carboxylic acids is 1. The van der Waals surface area contributed by atoms with E-state index in [0.717, 1.165) is 18.1 Å². The molecule has 1 aromatic rings. The smallest absolute Gasteiger partial charge is 0.231 e. The number of nitrogens with two attached hydrogens (primary N) is 1. The van der Waals surface area contributed by atoms with E-state index in [1.807, 2.05) is 37.4 Å². The van der Waals surface area contributed by atoms with E-state index in [0.29, 0.717) is 19.7 Å². The van der Waals surface area contributed by atoms with Crippen LogP contribution in [0.3, 0.4) is 0 Å². The van der Waals surface area contributed by atoms with Gasteiger partial charge in [-0.1, -0.05) is 30.3 Å². The molecule has 0 radical (unpaired) electrons. The lowest BCUT2D eigenvalue weighted by atomic mass is 9.98. The summed E-state index contributed by atoms with van der Waals surface area (Å²) in [5, 5.41) is 0. The highest BCUT2D eigenvalue weighted by Crippen LogP contribution is 2.28. The number of halogens is 1. The maximum Gasteiger partial charge on any atom is 0.231 e. The first kappa shape index (κ1) is 18.0. The molecule has 1 aliphatic carbocycles. The Balaban J connectivity index is 0.00000220. The molecule has 2 N–H and O–H groups in total. The molecule has 2 rings (SSSR count). The van der Waals surface area contributed by atoms with Crippen LogP contribution in [0.25, 0.3) is 0 Å². The Kier molecular flexibility index (Phi) is 7.72. The number of carbonyl (C=O) groups is 1. The molecule has 0 saturated heterocycles. The Bertz CT molecular complexity index is 424. The Labute approximate surface area is 133 Å². The Morgan fingerprint density at radius 3 is 2.62 bits per heavy atom. The Morgan fingerprint density at radius 2 is 2.05 bits per heavy atom. The minimum absolute atomic E-state index is 0. The molecule has 0 aliphatic heterocycles. The number of nitrogens with zero attached hydrogens (tertiary/aromatic N) is 1. The molecule has 0 heterocycles. The largest absolute Gasteiger partial charge is 0.379 e. The standard InChI is InChI=1S/C16H24N2O2.ClH/c1-18(9-10-20-12-13-7-8-13)16(19)15(11-17)14-5-3-2-4-6-14;/h2-6,13,15H,7-12,17H2,1H3;1H. The summed E-state index contributed by atoms with van der Waals surface area (Å²) in [7, 11) is 1.81. The van der Waals surface area contributed by atoms with Crippen molar-refractivity contribution >= 4 is 18.3 Å². The van der Waals surface area contributed by atoms with Crippen LogP contribution in [0.2, 0.25) is 0 Å². The van der Waals surface area contributed by atoms with Crippen LogP contribution in [0, 0.1) is 5.92 Å². The molecule has 1 atom stereocenters. The van der Waals surface area contributed by atoms with Gasteiger partial charge in [0.25, 0.3) is 0 Å². The van der Waals surface area contributed by atoms with Crippen molar-refractivity contribution in [2.75, 3.05) is 33.4 Å². The SMILES string of the molecule is CN(CCOCC1CC1)C(=O)C(CN)c1ccccc1.Cl. The van der Waals surface area contributed by atoms with E-state index in [9.17, 15) is 4.79 Å². The number of benzene rings is 1. The predicted molar refractivity (Wildman–Crippen MR) is 86.7 cm³/mol. The van der Waals surface area contributed by atoms with E-state index in [1.54, 1.807) is 4.90 Å². The highest BCUT2D eigenvalue weighted by molar-refractivity contribution is 5.85. The number of hydrogen-bond acceptors (Lipinski definition) is 3. The van der Waals surface area contributed by atoms with Crippen LogP contribution in [0.4, 0.5) is 0 Å². The van der Waals surface area contributed by atoms with Gasteiger partial charge >= 0.3 is 0 Å². The van der Waals surface area contributed by atoms with E-state index < -0.39 is 0 Å². The molecule has 0 bridgehead atoms. The zero-order chi connectivity index (χ0) is 14.4. The molecule has 4 nitrogen and oxygen atoms in total. The van der Waals surface area contributed by atoms with Gasteiger partial charge in [0.15, 0.2) is 0 Å². The van der Waals surface area contributed by atoms with E-state index in [1.165, 1.54) is 12.8 Å². The molecule has 1 fully saturated rings. The van der Waals surface area contributed by atoms with Crippen molar-refractivity contribution in [1.82, 2.24) is 4.90 Å². The molecule has 1 aromatic carbocycles. The first-order valence-corrected chi connectivity index (χ1v) is 7.30. The number of ether oxygens (including phenoxy) is 1. The fourth-order valence-corrected chi connectivity index (χ4v) is 2.18. The van der Waals surface area contributed by atoms with Gasteiger partial charge in [0, 0.05) is 26.7 Å². The second-order valence-electron chi connectivity index (χ2n) is 5.48. The van der Waals surface area contributed by atoms with Gasteiger partial charge in [-0.25, -0.2) is 0 Å². The number of amides is 1. The summed E-state index contributed by atoms with van der Waals surface area (Å²) in [5.74, 6) is 0.565. The quantitative estimate of drug-likeness (QED) is 0.747. The van der Waals surface area contributed by atoms with Crippen molar-refractivity contribution in [1.29, 1.82) is 0 Å². The van der Waals surface area contributed by atoms with Crippen LogP contribution in [0.1, 0.15) is 24.3 Å². The van der Waals surface area contributed by atoms with E-state index >= 15 is 0 Å². The molecule has 0 spiro atoms. The van der Waals surface area contributed by atoms with E-state index in [4.69, 9.17) is 10.5 Å². The van der Waals surface area contributed by atoms with Gasteiger partial charge in [-0.2, -0.15) is 0 Å². The van der Waals surface area contributed by atoms with Crippen LogP contribution in [-0.2, 0) is 9.53 Å². The Morgan fingerprint density at radius 1 is 1.38 bits per heavy atom. The van der Waals surface area contributed by atoms with Crippen molar-refractivity contribution in [2.45, 2.75) is 18.8 Å². The van der Waals surface area contributed by atoms with Gasteiger partial charge in [-0.15, -0.1) is 12.4 Å². The highest BCUT2D eigenvalue weighted by atomic mass is 35.5. The second-order valence-corrected chi connectivity index (χ2v) is 5.48. The lowest BCUT2D eigenvalue weighted by molar-refractivity contribution is -0.132. The Hall–Kier alpha value is -1.10. The minimum atomic E-state index is -0.260.